The molecule has 2 aliphatic carbocycles. The quantitative estimate of drug-likeness (QED) is 0.600. The van der Waals surface area contributed by atoms with Crippen molar-refractivity contribution in [3.05, 3.63) is 12.2 Å². The summed E-state index contributed by atoms with van der Waals surface area (Å²) in [4.78, 5) is 21.7. The Labute approximate surface area is 142 Å². The normalized spacial score (nSPS) is 29.7. The number of esters is 1. The van der Waals surface area contributed by atoms with Crippen molar-refractivity contribution >= 4 is 11.9 Å². The standard InChI is InChI=1S/C11H14O5.C7H13N/c1-7(10(13)14)2-9(12)16-8-3-11(4-8)5-15-6-11;1-2-7-3-6(1)4-8-5-7/h8H,1-6H2,(H,13,14);6-8H,1-5H2/t;6-,7?/m.0/s1. The largest absolute Gasteiger partial charge is 0.478 e. The summed E-state index contributed by atoms with van der Waals surface area (Å²) < 4.78 is 10.2. The van der Waals surface area contributed by atoms with Gasteiger partial charge in [-0.25, -0.2) is 4.79 Å². The van der Waals surface area contributed by atoms with Crippen LogP contribution in [0, 0.1) is 17.3 Å². The Balaban J connectivity index is 0.000000175. The minimum Gasteiger partial charge on any atom is -0.478 e. The van der Waals surface area contributed by atoms with Gasteiger partial charge in [0.25, 0.3) is 0 Å². The number of aliphatic carboxylic acids is 1. The van der Waals surface area contributed by atoms with Crippen LogP contribution in [0.4, 0.5) is 0 Å². The highest BCUT2D eigenvalue weighted by atomic mass is 16.5. The Morgan fingerprint density at radius 2 is 1.83 bits per heavy atom. The van der Waals surface area contributed by atoms with Crippen LogP contribution in [-0.4, -0.2) is 49.5 Å². The van der Waals surface area contributed by atoms with Gasteiger partial charge in [0, 0.05) is 11.0 Å². The molecule has 24 heavy (non-hydrogen) atoms. The van der Waals surface area contributed by atoms with Crippen molar-refractivity contribution in [3.63, 3.8) is 0 Å². The number of rotatable bonds is 4. The number of carboxylic acids is 1. The molecule has 2 bridgehead atoms. The van der Waals surface area contributed by atoms with Gasteiger partial charge in [-0.3, -0.25) is 4.79 Å². The van der Waals surface area contributed by atoms with Crippen LogP contribution in [0.5, 0.6) is 0 Å². The fourth-order valence-electron chi connectivity index (χ4n) is 4.13. The Kier molecular flexibility index (Phi) is 5.25. The van der Waals surface area contributed by atoms with Crippen LogP contribution in [0.25, 0.3) is 0 Å². The van der Waals surface area contributed by atoms with Crippen LogP contribution in [0.2, 0.25) is 0 Å². The van der Waals surface area contributed by atoms with Crippen LogP contribution in [-0.2, 0) is 19.1 Å². The number of nitrogens with one attached hydrogen (secondary N) is 1. The number of fused-ring (bicyclic) bond motifs is 2. The smallest absolute Gasteiger partial charge is 0.331 e. The van der Waals surface area contributed by atoms with Gasteiger partial charge in [-0.2, -0.15) is 0 Å². The van der Waals surface area contributed by atoms with E-state index in [0.717, 1.165) is 37.9 Å². The molecule has 2 saturated heterocycles. The molecule has 2 N–H and O–H groups in total. The molecule has 6 heteroatoms. The maximum absolute atomic E-state index is 11.3. The van der Waals surface area contributed by atoms with E-state index in [4.69, 9.17) is 14.6 Å². The first-order chi connectivity index (χ1) is 11.5. The molecular weight excluding hydrogens is 310 g/mol. The van der Waals surface area contributed by atoms with Gasteiger partial charge >= 0.3 is 11.9 Å². The molecule has 0 radical (unpaired) electrons. The minimum absolute atomic E-state index is 0.0713. The lowest BCUT2D eigenvalue weighted by Gasteiger charge is -2.52. The molecule has 2 atom stereocenters. The topological polar surface area (TPSA) is 84.9 Å². The maximum Gasteiger partial charge on any atom is 0.331 e. The van der Waals surface area contributed by atoms with Crippen molar-refractivity contribution in [2.45, 2.75) is 44.6 Å². The number of hydrogen-bond donors (Lipinski definition) is 2. The Hall–Kier alpha value is -1.40. The summed E-state index contributed by atoms with van der Waals surface area (Å²) in [6.07, 6.45) is 5.87. The average molecular weight is 337 g/mol. The summed E-state index contributed by atoms with van der Waals surface area (Å²) in [5.74, 6) is 0.435. The van der Waals surface area contributed by atoms with E-state index in [-0.39, 0.29) is 23.5 Å². The minimum atomic E-state index is -1.16. The molecule has 4 fully saturated rings. The second-order valence-electron chi connectivity index (χ2n) is 7.80. The second-order valence-corrected chi connectivity index (χ2v) is 7.80. The van der Waals surface area contributed by atoms with Gasteiger partial charge in [0.2, 0.25) is 0 Å². The summed E-state index contributed by atoms with van der Waals surface area (Å²) >= 11 is 0. The predicted molar refractivity (Wildman–Crippen MR) is 87.5 cm³/mol. The van der Waals surface area contributed by atoms with Crippen molar-refractivity contribution in [1.29, 1.82) is 0 Å². The molecule has 0 aromatic heterocycles. The lowest BCUT2D eigenvalue weighted by atomic mass is 9.65. The average Bonchev–Trinajstić information content (AvgIpc) is 2.79. The number of carboxylic acid groups (broad SMARTS) is 1. The summed E-state index contributed by atoms with van der Waals surface area (Å²) in [6.45, 7) is 7.39. The third kappa shape index (κ3) is 4.16. The SMILES string of the molecule is C1C[C@@H]2CNCC1C2.C=C(CC(=O)OC1CC2(COC2)C1)C(=O)O. The molecule has 2 saturated carbocycles. The highest BCUT2D eigenvalue weighted by Crippen LogP contribution is 2.48. The Morgan fingerprint density at radius 3 is 2.29 bits per heavy atom. The van der Waals surface area contributed by atoms with Crippen LogP contribution >= 0.6 is 0 Å². The van der Waals surface area contributed by atoms with Gasteiger partial charge in [-0.05, 0) is 57.0 Å². The summed E-state index contributed by atoms with van der Waals surface area (Å²) in [5.41, 5.74) is 0.111. The van der Waals surface area contributed by atoms with E-state index < -0.39 is 11.9 Å². The van der Waals surface area contributed by atoms with Gasteiger partial charge in [0.05, 0.1) is 19.6 Å². The van der Waals surface area contributed by atoms with Crippen LogP contribution in [0.15, 0.2) is 12.2 Å². The molecule has 4 rings (SSSR count). The van der Waals surface area contributed by atoms with Gasteiger partial charge in [0.1, 0.15) is 6.10 Å². The highest BCUT2D eigenvalue weighted by Gasteiger charge is 2.51. The molecule has 0 aromatic rings. The van der Waals surface area contributed by atoms with Crippen LogP contribution in [0.3, 0.4) is 0 Å². The van der Waals surface area contributed by atoms with Crippen molar-refractivity contribution in [2.24, 2.45) is 17.3 Å². The molecule has 2 heterocycles. The van der Waals surface area contributed by atoms with Crippen molar-refractivity contribution < 1.29 is 24.2 Å². The maximum atomic E-state index is 11.3. The van der Waals surface area contributed by atoms with Gasteiger partial charge in [-0.15, -0.1) is 0 Å². The van der Waals surface area contributed by atoms with E-state index in [1.54, 1.807) is 0 Å². The van der Waals surface area contributed by atoms with Gasteiger partial charge in [0.15, 0.2) is 0 Å². The zero-order valence-corrected chi connectivity index (χ0v) is 14.1. The highest BCUT2D eigenvalue weighted by molar-refractivity contribution is 5.91. The summed E-state index contributed by atoms with van der Waals surface area (Å²) in [7, 11) is 0. The monoisotopic (exact) mass is 337 g/mol. The fourth-order valence-corrected chi connectivity index (χ4v) is 4.13. The predicted octanol–water partition coefficient (Wildman–Crippen LogP) is 1.75. The van der Waals surface area contributed by atoms with Crippen LogP contribution in [0.1, 0.15) is 38.5 Å². The summed E-state index contributed by atoms with van der Waals surface area (Å²) in [5, 5.41) is 12.0. The lowest BCUT2D eigenvalue weighted by molar-refractivity contribution is -0.211. The Bertz CT molecular complexity index is 492. The fraction of sp³-hybridized carbons (Fsp3) is 0.778. The van der Waals surface area contributed by atoms with Crippen molar-refractivity contribution in [2.75, 3.05) is 26.3 Å². The van der Waals surface area contributed by atoms with E-state index in [0.29, 0.717) is 0 Å². The molecule has 0 aromatic carbocycles. The number of carbonyl (C=O) groups excluding carboxylic acids is 1. The molecule has 6 nitrogen and oxygen atoms in total. The van der Waals surface area contributed by atoms with E-state index in [9.17, 15) is 9.59 Å². The summed E-state index contributed by atoms with van der Waals surface area (Å²) in [6, 6.07) is 0. The molecule has 4 aliphatic rings. The number of carbonyl (C=O) groups is 2. The third-order valence-corrected chi connectivity index (χ3v) is 5.61. The molecule has 2 aliphatic heterocycles. The molecule has 1 unspecified atom stereocenters. The first-order valence-corrected chi connectivity index (χ1v) is 8.85. The first-order valence-electron chi connectivity index (χ1n) is 8.85. The first kappa shape index (κ1) is 17.4. The van der Waals surface area contributed by atoms with E-state index in [1.807, 2.05) is 0 Å². The van der Waals surface area contributed by atoms with E-state index in [1.165, 1.54) is 32.4 Å². The Morgan fingerprint density at radius 1 is 1.21 bits per heavy atom. The second kappa shape index (κ2) is 7.23. The van der Waals surface area contributed by atoms with Gasteiger partial charge < -0.3 is 19.9 Å². The van der Waals surface area contributed by atoms with Crippen molar-refractivity contribution in [3.8, 4) is 0 Å². The lowest BCUT2D eigenvalue weighted by Crippen LogP contribution is -2.55. The van der Waals surface area contributed by atoms with Gasteiger partial charge in [-0.1, -0.05) is 6.58 Å². The number of hydrogen-bond acceptors (Lipinski definition) is 5. The zero-order chi connectivity index (χ0) is 17.2. The molecule has 1 spiro atoms. The number of ether oxygens (including phenoxy) is 2. The van der Waals surface area contributed by atoms with E-state index in [2.05, 4.69) is 11.9 Å². The van der Waals surface area contributed by atoms with Crippen LogP contribution < -0.4 is 5.32 Å². The van der Waals surface area contributed by atoms with Crippen molar-refractivity contribution in [1.82, 2.24) is 5.32 Å². The number of piperidine rings is 1. The molecule has 0 amide bonds. The molecular formula is C18H27NO5. The molecule has 134 valence electrons. The third-order valence-electron chi connectivity index (χ3n) is 5.61. The zero-order valence-electron chi connectivity index (χ0n) is 14.1. The van der Waals surface area contributed by atoms with E-state index >= 15 is 0 Å².